The van der Waals surface area contributed by atoms with E-state index in [1.165, 1.54) is 25.2 Å². The Kier molecular flexibility index (Phi) is 6.10. The lowest BCUT2D eigenvalue weighted by molar-refractivity contribution is -0.856. The molecule has 1 N–H and O–H groups in total. The zero-order valence-corrected chi connectivity index (χ0v) is 10.6. The van der Waals surface area contributed by atoms with Crippen LogP contribution in [0.3, 0.4) is 0 Å². The molecule has 1 heterocycles. The molecular formula is C12H18NO5+. The molecule has 6 heteroatoms. The van der Waals surface area contributed by atoms with Crippen molar-refractivity contribution in [2.24, 2.45) is 0 Å². The summed E-state index contributed by atoms with van der Waals surface area (Å²) in [7, 11) is 2.44. The van der Waals surface area contributed by atoms with Crippen molar-refractivity contribution in [3.63, 3.8) is 0 Å². The van der Waals surface area contributed by atoms with E-state index in [2.05, 4.69) is 9.47 Å². The van der Waals surface area contributed by atoms with Crippen LogP contribution < -0.4 is 4.90 Å². The molecule has 100 valence electrons. The van der Waals surface area contributed by atoms with Crippen LogP contribution in [0.15, 0.2) is 23.9 Å². The van der Waals surface area contributed by atoms with Crippen LogP contribution in [0, 0.1) is 0 Å². The number of hydrogen-bond acceptors (Lipinski definition) is 5. The molecule has 1 aliphatic heterocycles. The first-order valence-corrected chi connectivity index (χ1v) is 5.66. The highest BCUT2D eigenvalue weighted by molar-refractivity contribution is 6.14. The van der Waals surface area contributed by atoms with Crippen LogP contribution in [0.5, 0.6) is 0 Å². The van der Waals surface area contributed by atoms with Crippen LogP contribution in [0.25, 0.3) is 0 Å². The van der Waals surface area contributed by atoms with Crippen LogP contribution in [0.2, 0.25) is 0 Å². The number of hydrogen-bond donors (Lipinski definition) is 1. The minimum absolute atomic E-state index is 0.121. The summed E-state index contributed by atoms with van der Waals surface area (Å²) >= 11 is 0. The molecule has 1 aliphatic rings. The van der Waals surface area contributed by atoms with Crippen LogP contribution in [0.1, 0.15) is 0 Å². The minimum atomic E-state index is -0.705. The van der Waals surface area contributed by atoms with E-state index < -0.39 is 11.9 Å². The van der Waals surface area contributed by atoms with Crippen LogP contribution >= 0.6 is 0 Å². The topological polar surface area (TPSA) is 66.3 Å². The van der Waals surface area contributed by atoms with Crippen LogP contribution in [-0.4, -0.2) is 52.5 Å². The zero-order chi connectivity index (χ0) is 13.4. The highest BCUT2D eigenvalue weighted by Crippen LogP contribution is 2.00. The van der Waals surface area contributed by atoms with Gasteiger partial charge in [0.25, 0.3) is 0 Å². The Morgan fingerprint density at radius 2 is 1.67 bits per heavy atom. The monoisotopic (exact) mass is 256 g/mol. The molecule has 0 bridgehead atoms. The van der Waals surface area contributed by atoms with Gasteiger partial charge in [0.15, 0.2) is 0 Å². The lowest BCUT2D eigenvalue weighted by Gasteiger charge is -2.19. The van der Waals surface area contributed by atoms with E-state index in [0.29, 0.717) is 13.2 Å². The smallest absolute Gasteiger partial charge is 0.345 e. The molecule has 6 nitrogen and oxygen atoms in total. The van der Waals surface area contributed by atoms with Crippen LogP contribution in [0.4, 0.5) is 0 Å². The van der Waals surface area contributed by atoms with Gasteiger partial charge in [0.05, 0.1) is 33.6 Å². The molecule has 0 aromatic rings. The fraction of sp³-hybridized carbons (Fsp3) is 0.500. The van der Waals surface area contributed by atoms with Gasteiger partial charge in [0.2, 0.25) is 0 Å². The molecule has 0 spiro atoms. The first-order chi connectivity index (χ1) is 8.69. The van der Waals surface area contributed by atoms with Crippen molar-refractivity contribution in [2.75, 3.05) is 40.5 Å². The van der Waals surface area contributed by atoms with Gasteiger partial charge in [-0.05, 0) is 12.2 Å². The maximum Gasteiger partial charge on any atom is 0.345 e. The molecule has 0 aromatic carbocycles. The van der Waals surface area contributed by atoms with Gasteiger partial charge in [-0.1, -0.05) is 0 Å². The Balaban J connectivity index is 2.66. The first kappa shape index (κ1) is 14.4. The highest BCUT2D eigenvalue weighted by atomic mass is 16.5. The fourth-order valence-corrected chi connectivity index (χ4v) is 1.52. The van der Waals surface area contributed by atoms with Gasteiger partial charge >= 0.3 is 11.9 Å². The Labute approximate surface area is 106 Å². The molecular weight excluding hydrogens is 238 g/mol. The second kappa shape index (κ2) is 7.62. The number of methoxy groups -OCH3 is 2. The van der Waals surface area contributed by atoms with Gasteiger partial charge in [-0.2, -0.15) is 0 Å². The van der Waals surface area contributed by atoms with Crippen molar-refractivity contribution in [3.05, 3.63) is 23.9 Å². The van der Waals surface area contributed by atoms with Gasteiger partial charge in [-0.3, -0.25) is 0 Å². The number of carbonyl (C=O) groups excluding carboxylic acids is 2. The van der Waals surface area contributed by atoms with Crippen molar-refractivity contribution < 1.29 is 28.7 Å². The first-order valence-electron chi connectivity index (χ1n) is 5.66. The van der Waals surface area contributed by atoms with Crippen molar-refractivity contribution >= 4 is 11.9 Å². The summed E-state index contributed by atoms with van der Waals surface area (Å²) in [5.41, 5.74) is -0.121. The van der Waals surface area contributed by atoms with E-state index in [4.69, 9.17) is 4.74 Å². The maximum atomic E-state index is 11.3. The molecule has 0 unspecified atom stereocenters. The van der Waals surface area contributed by atoms with Crippen molar-refractivity contribution in [2.45, 2.75) is 0 Å². The fourth-order valence-electron chi connectivity index (χ4n) is 1.52. The Bertz CT molecular complexity index is 337. The second-order valence-electron chi connectivity index (χ2n) is 3.69. The third-order valence-electron chi connectivity index (χ3n) is 2.54. The number of quaternary nitrogens is 1. The van der Waals surface area contributed by atoms with E-state index in [1.54, 1.807) is 6.08 Å². The zero-order valence-electron chi connectivity index (χ0n) is 10.6. The predicted molar refractivity (Wildman–Crippen MR) is 62.8 cm³/mol. The number of nitrogens with one attached hydrogen (secondary N) is 1. The third-order valence-corrected chi connectivity index (χ3v) is 2.54. The quantitative estimate of drug-likeness (QED) is 0.222. The van der Waals surface area contributed by atoms with E-state index in [9.17, 15) is 9.59 Å². The lowest BCUT2D eigenvalue weighted by atomic mass is 10.2. The van der Waals surface area contributed by atoms with Gasteiger partial charge < -0.3 is 19.1 Å². The molecule has 0 aliphatic carbocycles. The molecule has 0 saturated carbocycles. The number of esters is 2. The van der Waals surface area contributed by atoms with Crippen molar-refractivity contribution in [1.29, 1.82) is 0 Å². The summed E-state index contributed by atoms with van der Waals surface area (Å²) in [6.45, 7) is 3.17. The predicted octanol–water partition coefficient (Wildman–Crippen LogP) is -1.31. The molecule has 1 saturated heterocycles. The second-order valence-corrected chi connectivity index (χ2v) is 3.69. The number of morpholine rings is 1. The molecule has 0 radical (unpaired) electrons. The minimum Gasteiger partial charge on any atom is -0.465 e. The summed E-state index contributed by atoms with van der Waals surface area (Å²) in [4.78, 5) is 23.9. The Hall–Kier alpha value is -1.66. The lowest BCUT2D eigenvalue weighted by Crippen LogP contribution is -3.09. The van der Waals surface area contributed by atoms with E-state index in [-0.39, 0.29) is 5.57 Å². The average molecular weight is 256 g/mol. The largest absolute Gasteiger partial charge is 0.465 e. The summed E-state index contributed by atoms with van der Waals surface area (Å²) in [5.74, 6) is -1.41. The van der Waals surface area contributed by atoms with E-state index >= 15 is 0 Å². The maximum absolute atomic E-state index is 11.3. The summed E-state index contributed by atoms with van der Waals surface area (Å²) < 4.78 is 14.2. The molecule has 1 fully saturated rings. The summed E-state index contributed by atoms with van der Waals surface area (Å²) in [6.07, 6.45) is 4.94. The van der Waals surface area contributed by atoms with Gasteiger partial charge in [0, 0.05) is 0 Å². The normalized spacial score (nSPS) is 16.3. The SMILES string of the molecule is COC(=O)C(=C/C=C\[NH+]1CCOCC1)C(=O)OC. The molecule has 1 rings (SSSR count). The van der Waals surface area contributed by atoms with Crippen molar-refractivity contribution in [3.8, 4) is 0 Å². The van der Waals surface area contributed by atoms with E-state index in [1.807, 2.05) is 6.20 Å². The van der Waals surface area contributed by atoms with Gasteiger partial charge in [-0.15, -0.1) is 0 Å². The van der Waals surface area contributed by atoms with E-state index in [0.717, 1.165) is 13.1 Å². The number of ether oxygens (including phenoxy) is 3. The molecule has 0 atom stereocenters. The number of carbonyl (C=O) groups is 2. The average Bonchev–Trinajstić information content (AvgIpc) is 2.43. The molecule has 0 aromatic heterocycles. The standard InChI is InChI=1S/C12H17NO5/c1-16-11(14)10(12(15)17-2)4-3-5-13-6-8-18-9-7-13/h3-5H,6-9H2,1-2H3/p+1/b5-3-. The number of allylic oxidation sites excluding steroid dienone is 2. The van der Waals surface area contributed by atoms with Crippen LogP contribution in [-0.2, 0) is 23.8 Å². The van der Waals surface area contributed by atoms with Gasteiger partial charge in [-0.25, -0.2) is 9.59 Å². The summed E-state index contributed by atoms with van der Waals surface area (Å²) in [5, 5.41) is 0. The molecule has 0 amide bonds. The third kappa shape index (κ3) is 4.31. The number of rotatable bonds is 4. The highest BCUT2D eigenvalue weighted by Gasteiger charge is 2.18. The molecule has 18 heavy (non-hydrogen) atoms. The van der Waals surface area contributed by atoms with Crippen molar-refractivity contribution in [1.82, 2.24) is 0 Å². The summed E-state index contributed by atoms with van der Waals surface area (Å²) in [6, 6.07) is 0. The Morgan fingerprint density at radius 3 is 2.17 bits per heavy atom. The van der Waals surface area contributed by atoms with Gasteiger partial charge in [0.1, 0.15) is 18.7 Å². The Morgan fingerprint density at radius 1 is 1.11 bits per heavy atom.